The van der Waals surface area contributed by atoms with Gasteiger partial charge < -0.3 is 5.73 Å². The van der Waals surface area contributed by atoms with Crippen LogP contribution in [0.5, 0.6) is 0 Å². The van der Waals surface area contributed by atoms with E-state index < -0.39 is 0 Å². The largest absolute Gasteiger partial charge is 0.398 e. The quantitative estimate of drug-likeness (QED) is 0.747. The molecule has 0 saturated carbocycles. The highest BCUT2D eigenvalue weighted by atomic mass is 14.6. The van der Waals surface area contributed by atoms with Crippen molar-refractivity contribution in [2.24, 2.45) is 5.73 Å². The van der Waals surface area contributed by atoms with Crippen molar-refractivity contribution in [1.82, 2.24) is 0 Å². The van der Waals surface area contributed by atoms with Crippen LogP contribution in [0.1, 0.15) is 35.1 Å². The molecule has 0 radical (unpaired) electrons. The number of rotatable bonds is 0. The van der Waals surface area contributed by atoms with Crippen molar-refractivity contribution in [2.75, 3.05) is 0 Å². The van der Waals surface area contributed by atoms with Crippen LogP contribution in [0.4, 0.5) is 0 Å². The molecule has 0 atom stereocenters. The molecule has 4 rings (SSSR count). The van der Waals surface area contributed by atoms with E-state index in [1.807, 2.05) is 0 Å². The highest BCUT2D eigenvalue weighted by Crippen LogP contribution is 2.34. The Kier molecular flexibility index (Phi) is 2.28. The molecule has 0 amide bonds. The Labute approximate surface area is 113 Å². The number of hydrogen-bond acceptors (Lipinski definition) is 1. The monoisotopic (exact) mass is 247 g/mol. The second kappa shape index (κ2) is 3.99. The summed E-state index contributed by atoms with van der Waals surface area (Å²) in [6.45, 7) is 0. The van der Waals surface area contributed by atoms with Crippen LogP contribution in [-0.2, 0) is 12.8 Å². The van der Waals surface area contributed by atoms with Crippen molar-refractivity contribution in [2.45, 2.75) is 25.7 Å². The zero-order valence-electron chi connectivity index (χ0n) is 10.9. The molecule has 1 heteroatoms. The van der Waals surface area contributed by atoms with E-state index in [-0.39, 0.29) is 0 Å². The van der Waals surface area contributed by atoms with E-state index in [0.717, 1.165) is 31.4 Å². The predicted octanol–water partition coefficient (Wildman–Crippen LogP) is 4.05. The first-order chi connectivity index (χ1) is 9.34. The smallest absolute Gasteiger partial charge is 0.0350 e. The van der Waals surface area contributed by atoms with E-state index >= 15 is 0 Å². The Morgan fingerprint density at radius 2 is 1.63 bits per heavy atom. The summed E-state index contributed by atoms with van der Waals surface area (Å²) >= 11 is 0. The molecule has 2 aliphatic carbocycles. The highest BCUT2D eigenvalue weighted by Gasteiger charge is 2.16. The summed E-state index contributed by atoms with van der Waals surface area (Å²) in [6, 6.07) is 9.02. The van der Waals surface area contributed by atoms with E-state index in [0.29, 0.717) is 0 Å². The Balaban J connectivity index is 2.07. The van der Waals surface area contributed by atoms with Crippen molar-refractivity contribution in [3.8, 4) is 0 Å². The molecule has 0 fully saturated rings. The summed E-state index contributed by atoms with van der Waals surface area (Å²) in [5.41, 5.74) is 12.6. The summed E-state index contributed by atoms with van der Waals surface area (Å²) in [5, 5.41) is 2.83. The van der Waals surface area contributed by atoms with Gasteiger partial charge in [0.25, 0.3) is 0 Å². The number of allylic oxidation sites excluding steroid dienone is 2. The average molecular weight is 247 g/mol. The Morgan fingerprint density at radius 1 is 0.842 bits per heavy atom. The molecule has 94 valence electrons. The Morgan fingerprint density at radius 3 is 2.58 bits per heavy atom. The number of aryl methyl sites for hydroxylation is 2. The third-order valence-corrected chi connectivity index (χ3v) is 4.39. The summed E-state index contributed by atoms with van der Waals surface area (Å²) < 4.78 is 0. The molecule has 0 heterocycles. The standard InChI is InChI=1S/C18H17N/c19-18-7-3-6-14-16-9-8-12-4-1-2-5-13(12)15(16)10-11-17(14)18/h1,4,7-11H,2-3,5-6,19H2. The van der Waals surface area contributed by atoms with Crippen molar-refractivity contribution in [3.05, 3.63) is 58.7 Å². The second-order valence-electron chi connectivity index (χ2n) is 5.46. The third kappa shape index (κ3) is 1.54. The lowest BCUT2D eigenvalue weighted by atomic mass is 9.85. The zero-order chi connectivity index (χ0) is 12.8. The normalized spacial score (nSPS) is 16.9. The lowest BCUT2D eigenvalue weighted by molar-refractivity contribution is 0.978. The molecular formula is C18H17N. The van der Waals surface area contributed by atoms with Crippen LogP contribution in [0.25, 0.3) is 22.5 Å². The fourth-order valence-corrected chi connectivity index (χ4v) is 3.44. The zero-order valence-corrected chi connectivity index (χ0v) is 10.9. The van der Waals surface area contributed by atoms with Crippen LogP contribution in [-0.4, -0.2) is 0 Å². The molecule has 0 spiro atoms. The summed E-state index contributed by atoms with van der Waals surface area (Å²) in [6.07, 6.45) is 11.2. The maximum atomic E-state index is 6.13. The first-order valence-corrected chi connectivity index (χ1v) is 7.04. The molecule has 2 aromatic rings. The van der Waals surface area contributed by atoms with Gasteiger partial charge in [0.1, 0.15) is 0 Å². The SMILES string of the molecule is NC1=CCCc2c1ccc1c3c(ccc21)C=CCC3. The molecule has 0 aromatic heterocycles. The molecule has 2 aromatic carbocycles. The lowest BCUT2D eigenvalue weighted by Crippen LogP contribution is -2.07. The average Bonchev–Trinajstić information content (AvgIpc) is 2.47. The number of hydrogen-bond donors (Lipinski definition) is 1. The molecule has 1 nitrogen and oxygen atoms in total. The van der Waals surface area contributed by atoms with Gasteiger partial charge in [0.05, 0.1) is 0 Å². The molecule has 0 unspecified atom stereocenters. The fraction of sp³-hybridized carbons (Fsp3) is 0.222. The van der Waals surface area contributed by atoms with Crippen molar-refractivity contribution in [1.29, 1.82) is 0 Å². The van der Waals surface area contributed by atoms with Gasteiger partial charge in [0.2, 0.25) is 0 Å². The fourth-order valence-electron chi connectivity index (χ4n) is 3.44. The lowest BCUT2D eigenvalue weighted by Gasteiger charge is -2.20. The van der Waals surface area contributed by atoms with Crippen LogP contribution in [0.2, 0.25) is 0 Å². The Hall–Kier alpha value is -2.02. The minimum absolute atomic E-state index is 0.945. The van der Waals surface area contributed by atoms with Crippen LogP contribution < -0.4 is 5.73 Å². The van der Waals surface area contributed by atoms with Crippen LogP contribution in [0, 0.1) is 0 Å². The molecule has 2 aliphatic rings. The van der Waals surface area contributed by atoms with Gasteiger partial charge in [0.15, 0.2) is 0 Å². The number of nitrogens with two attached hydrogens (primary N) is 1. The van der Waals surface area contributed by atoms with Crippen LogP contribution in [0.3, 0.4) is 0 Å². The van der Waals surface area contributed by atoms with Gasteiger partial charge >= 0.3 is 0 Å². The molecule has 2 N–H and O–H groups in total. The van der Waals surface area contributed by atoms with Gasteiger partial charge in [-0.2, -0.15) is 0 Å². The van der Waals surface area contributed by atoms with Crippen LogP contribution in [0.15, 0.2) is 36.4 Å². The van der Waals surface area contributed by atoms with Gasteiger partial charge in [-0.1, -0.05) is 42.5 Å². The topological polar surface area (TPSA) is 26.0 Å². The summed E-state index contributed by atoms with van der Waals surface area (Å²) in [4.78, 5) is 0. The van der Waals surface area contributed by atoms with E-state index in [2.05, 4.69) is 42.5 Å². The number of benzene rings is 2. The van der Waals surface area contributed by atoms with Gasteiger partial charge in [-0.25, -0.2) is 0 Å². The minimum atomic E-state index is 0.945. The summed E-state index contributed by atoms with van der Waals surface area (Å²) in [7, 11) is 0. The van der Waals surface area contributed by atoms with Gasteiger partial charge in [-0.3, -0.25) is 0 Å². The van der Waals surface area contributed by atoms with Crippen molar-refractivity contribution < 1.29 is 0 Å². The number of fused-ring (bicyclic) bond motifs is 5. The maximum absolute atomic E-state index is 6.13. The molecule has 0 aliphatic heterocycles. The van der Waals surface area contributed by atoms with E-state index in [1.165, 1.54) is 33.0 Å². The molecule has 19 heavy (non-hydrogen) atoms. The molecule has 0 saturated heterocycles. The molecule has 0 bridgehead atoms. The summed E-state index contributed by atoms with van der Waals surface area (Å²) in [5.74, 6) is 0. The van der Waals surface area contributed by atoms with Gasteiger partial charge in [-0.15, -0.1) is 0 Å². The van der Waals surface area contributed by atoms with Crippen molar-refractivity contribution >= 4 is 22.5 Å². The van der Waals surface area contributed by atoms with E-state index in [9.17, 15) is 0 Å². The predicted molar refractivity (Wildman–Crippen MR) is 81.8 cm³/mol. The van der Waals surface area contributed by atoms with Crippen molar-refractivity contribution in [3.63, 3.8) is 0 Å². The third-order valence-electron chi connectivity index (χ3n) is 4.39. The van der Waals surface area contributed by atoms with E-state index in [4.69, 9.17) is 5.73 Å². The Bertz CT molecular complexity index is 735. The van der Waals surface area contributed by atoms with Gasteiger partial charge in [0, 0.05) is 11.3 Å². The maximum Gasteiger partial charge on any atom is 0.0350 e. The first kappa shape index (κ1) is 10.9. The second-order valence-corrected chi connectivity index (χ2v) is 5.46. The minimum Gasteiger partial charge on any atom is -0.398 e. The van der Waals surface area contributed by atoms with Gasteiger partial charge in [-0.05, 0) is 53.1 Å². The van der Waals surface area contributed by atoms with E-state index in [1.54, 1.807) is 0 Å². The highest BCUT2D eigenvalue weighted by molar-refractivity contribution is 5.95. The molecular weight excluding hydrogens is 230 g/mol. The first-order valence-electron chi connectivity index (χ1n) is 7.04. The van der Waals surface area contributed by atoms with Crippen LogP contribution >= 0.6 is 0 Å².